The molecule has 0 saturated heterocycles. The quantitative estimate of drug-likeness (QED) is 0.831. The molecule has 2 N–H and O–H groups in total. The molecule has 0 bridgehead atoms. The van der Waals surface area contributed by atoms with Crippen LogP contribution in [0.1, 0.15) is 24.6 Å². The van der Waals surface area contributed by atoms with Gasteiger partial charge < -0.3 is 10.3 Å². The highest BCUT2D eigenvalue weighted by atomic mass is 35.5. The normalized spacial score (nSPS) is 18.4. The highest BCUT2D eigenvalue weighted by Crippen LogP contribution is 2.35. The first-order valence-corrected chi connectivity index (χ1v) is 7.05. The molecule has 3 rings (SSSR count). The Labute approximate surface area is 121 Å². The molecule has 0 aliphatic heterocycles. The summed E-state index contributed by atoms with van der Waals surface area (Å²) in [6.45, 7) is 1.55. The van der Waals surface area contributed by atoms with Crippen LogP contribution in [-0.2, 0) is 17.6 Å². The number of hydrogen-bond acceptors (Lipinski definition) is 1. The van der Waals surface area contributed by atoms with Crippen molar-refractivity contribution in [2.24, 2.45) is 0 Å². The van der Waals surface area contributed by atoms with Gasteiger partial charge in [-0.25, -0.2) is 0 Å². The Bertz CT molecular complexity index is 663. The Kier molecular flexibility index (Phi) is 3.19. The SMILES string of the molecule is CC(=O)NC1CCc2[nH]c3cc(Cl)cc(Cl)c3c2C1. The number of aromatic nitrogens is 1. The summed E-state index contributed by atoms with van der Waals surface area (Å²) in [5, 5.41) is 5.33. The van der Waals surface area contributed by atoms with E-state index in [-0.39, 0.29) is 11.9 Å². The summed E-state index contributed by atoms with van der Waals surface area (Å²) in [7, 11) is 0. The first kappa shape index (κ1) is 12.8. The molecular formula is C14H14Cl2N2O. The molecule has 0 fully saturated rings. The number of amides is 1. The number of halogens is 2. The van der Waals surface area contributed by atoms with Gasteiger partial charge in [-0.05, 0) is 37.0 Å². The molecule has 1 atom stereocenters. The van der Waals surface area contributed by atoms with Crippen molar-refractivity contribution in [2.75, 3.05) is 0 Å². The molecule has 3 nitrogen and oxygen atoms in total. The van der Waals surface area contributed by atoms with Gasteiger partial charge in [0.05, 0.1) is 5.02 Å². The van der Waals surface area contributed by atoms with E-state index < -0.39 is 0 Å². The molecule has 1 aromatic heterocycles. The van der Waals surface area contributed by atoms with Crippen LogP contribution < -0.4 is 5.32 Å². The number of aromatic amines is 1. The minimum atomic E-state index is 0.0161. The van der Waals surface area contributed by atoms with Crippen molar-refractivity contribution in [1.82, 2.24) is 10.3 Å². The summed E-state index contributed by atoms with van der Waals surface area (Å²) < 4.78 is 0. The first-order valence-electron chi connectivity index (χ1n) is 6.30. The third-order valence-corrected chi connectivity index (χ3v) is 4.12. The average molecular weight is 297 g/mol. The zero-order valence-electron chi connectivity index (χ0n) is 10.5. The van der Waals surface area contributed by atoms with Crippen LogP contribution in [-0.4, -0.2) is 16.9 Å². The number of carbonyl (C=O) groups is 1. The van der Waals surface area contributed by atoms with E-state index in [4.69, 9.17) is 23.2 Å². The highest BCUT2D eigenvalue weighted by molar-refractivity contribution is 6.38. The Balaban J connectivity index is 2.05. The minimum Gasteiger partial charge on any atom is -0.358 e. The van der Waals surface area contributed by atoms with Crippen LogP contribution in [0, 0.1) is 0 Å². The zero-order chi connectivity index (χ0) is 13.6. The Morgan fingerprint density at radius 2 is 2.21 bits per heavy atom. The number of benzene rings is 1. The van der Waals surface area contributed by atoms with E-state index in [2.05, 4.69) is 10.3 Å². The van der Waals surface area contributed by atoms with Crippen LogP contribution >= 0.6 is 23.2 Å². The van der Waals surface area contributed by atoms with Gasteiger partial charge in [-0.15, -0.1) is 0 Å². The molecule has 1 heterocycles. The van der Waals surface area contributed by atoms with Gasteiger partial charge in [0.25, 0.3) is 0 Å². The van der Waals surface area contributed by atoms with E-state index in [1.165, 1.54) is 11.3 Å². The number of hydrogen-bond donors (Lipinski definition) is 2. The lowest BCUT2D eigenvalue weighted by Crippen LogP contribution is -2.37. The van der Waals surface area contributed by atoms with E-state index in [0.717, 1.165) is 30.2 Å². The number of carbonyl (C=O) groups excluding carboxylic acids is 1. The van der Waals surface area contributed by atoms with Gasteiger partial charge in [0.15, 0.2) is 0 Å². The van der Waals surface area contributed by atoms with E-state index >= 15 is 0 Å². The molecule has 1 aliphatic rings. The van der Waals surface area contributed by atoms with Crippen molar-refractivity contribution in [2.45, 2.75) is 32.2 Å². The number of rotatable bonds is 1. The fourth-order valence-electron chi connectivity index (χ4n) is 2.88. The lowest BCUT2D eigenvalue weighted by atomic mass is 9.91. The molecule has 5 heteroatoms. The predicted molar refractivity (Wildman–Crippen MR) is 77.9 cm³/mol. The number of aryl methyl sites for hydroxylation is 1. The Morgan fingerprint density at radius 3 is 2.95 bits per heavy atom. The van der Waals surface area contributed by atoms with Crippen molar-refractivity contribution in [3.63, 3.8) is 0 Å². The van der Waals surface area contributed by atoms with Crippen molar-refractivity contribution in [1.29, 1.82) is 0 Å². The van der Waals surface area contributed by atoms with Crippen LogP contribution in [0.3, 0.4) is 0 Å². The second-order valence-corrected chi connectivity index (χ2v) is 5.88. The summed E-state index contributed by atoms with van der Waals surface area (Å²) >= 11 is 12.3. The van der Waals surface area contributed by atoms with Gasteiger partial charge in [0.2, 0.25) is 5.91 Å². The van der Waals surface area contributed by atoms with Crippen LogP contribution in [0.15, 0.2) is 12.1 Å². The summed E-state index contributed by atoms with van der Waals surface area (Å²) in [4.78, 5) is 14.6. The Hall–Kier alpha value is -1.19. The van der Waals surface area contributed by atoms with Crippen LogP contribution in [0.2, 0.25) is 10.0 Å². The molecule has 100 valence electrons. The number of fused-ring (bicyclic) bond motifs is 3. The van der Waals surface area contributed by atoms with Crippen molar-refractivity contribution in [3.8, 4) is 0 Å². The summed E-state index contributed by atoms with van der Waals surface area (Å²) in [6.07, 6.45) is 2.68. The van der Waals surface area contributed by atoms with Gasteiger partial charge in [-0.3, -0.25) is 4.79 Å². The third kappa shape index (κ3) is 2.33. The fraction of sp³-hybridized carbons (Fsp3) is 0.357. The molecule has 2 aromatic rings. The molecular weight excluding hydrogens is 283 g/mol. The van der Waals surface area contributed by atoms with Crippen LogP contribution in [0.5, 0.6) is 0 Å². The van der Waals surface area contributed by atoms with E-state index in [1.807, 2.05) is 6.07 Å². The monoisotopic (exact) mass is 296 g/mol. The zero-order valence-corrected chi connectivity index (χ0v) is 12.0. The highest BCUT2D eigenvalue weighted by Gasteiger charge is 2.24. The summed E-state index contributed by atoms with van der Waals surface area (Å²) in [6, 6.07) is 3.85. The maximum absolute atomic E-state index is 11.2. The lowest BCUT2D eigenvalue weighted by molar-refractivity contribution is -0.119. The second-order valence-electron chi connectivity index (χ2n) is 5.03. The van der Waals surface area contributed by atoms with Crippen LogP contribution in [0.25, 0.3) is 10.9 Å². The summed E-state index contributed by atoms with van der Waals surface area (Å²) in [5.74, 6) is 0.0161. The van der Waals surface area contributed by atoms with Gasteiger partial charge in [-0.2, -0.15) is 0 Å². The Morgan fingerprint density at radius 1 is 1.42 bits per heavy atom. The molecule has 1 aromatic carbocycles. The molecule has 1 amide bonds. The largest absolute Gasteiger partial charge is 0.358 e. The number of nitrogens with one attached hydrogen (secondary N) is 2. The molecule has 0 saturated carbocycles. The number of H-pyrrole nitrogens is 1. The lowest BCUT2D eigenvalue weighted by Gasteiger charge is -2.23. The third-order valence-electron chi connectivity index (χ3n) is 3.61. The van der Waals surface area contributed by atoms with Crippen LogP contribution in [0.4, 0.5) is 0 Å². The molecule has 0 spiro atoms. The topological polar surface area (TPSA) is 44.9 Å². The van der Waals surface area contributed by atoms with Crippen molar-refractivity contribution >= 4 is 40.0 Å². The maximum Gasteiger partial charge on any atom is 0.217 e. The molecule has 1 aliphatic carbocycles. The first-order chi connectivity index (χ1) is 9.04. The molecule has 1 unspecified atom stereocenters. The van der Waals surface area contributed by atoms with E-state index in [0.29, 0.717) is 10.0 Å². The van der Waals surface area contributed by atoms with Gasteiger partial charge in [0, 0.05) is 34.6 Å². The maximum atomic E-state index is 11.2. The average Bonchev–Trinajstić information content (AvgIpc) is 2.65. The van der Waals surface area contributed by atoms with E-state index in [1.54, 1.807) is 13.0 Å². The van der Waals surface area contributed by atoms with Gasteiger partial charge >= 0.3 is 0 Å². The fourth-order valence-corrected chi connectivity index (χ4v) is 3.49. The van der Waals surface area contributed by atoms with E-state index in [9.17, 15) is 4.79 Å². The van der Waals surface area contributed by atoms with Crippen molar-refractivity contribution < 1.29 is 4.79 Å². The second kappa shape index (κ2) is 4.73. The smallest absolute Gasteiger partial charge is 0.217 e. The van der Waals surface area contributed by atoms with Gasteiger partial charge in [-0.1, -0.05) is 23.2 Å². The summed E-state index contributed by atoms with van der Waals surface area (Å²) in [5.41, 5.74) is 3.40. The predicted octanol–water partition coefficient (Wildman–Crippen LogP) is 3.47. The van der Waals surface area contributed by atoms with Crippen molar-refractivity contribution in [3.05, 3.63) is 33.4 Å². The molecule has 0 radical (unpaired) electrons. The standard InChI is InChI=1S/C14H14Cl2N2O/c1-7(19)17-9-2-3-12-10(6-9)14-11(16)4-8(15)5-13(14)18-12/h4-5,9,18H,2-3,6H2,1H3,(H,17,19). The minimum absolute atomic E-state index is 0.0161. The molecule has 19 heavy (non-hydrogen) atoms. The van der Waals surface area contributed by atoms with Gasteiger partial charge in [0.1, 0.15) is 0 Å².